The molecule has 0 unspecified atom stereocenters. The Labute approximate surface area is 93.9 Å². The number of nitrogens with zero attached hydrogens (tertiary/aromatic N) is 2. The van der Waals surface area contributed by atoms with E-state index in [1.54, 1.807) is 6.07 Å². The largest absolute Gasteiger partial charge is 0.356 e. The molecule has 86 valence electrons. The van der Waals surface area contributed by atoms with Crippen LogP contribution in [0.15, 0.2) is 10.9 Å². The van der Waals surface area contributed by atoms with Crippen LogP contribution in [0.2, 0.25) is 0 Å². The van der Waals surface area contributed by atoms with Crippen LogP contribution in [0.3, 0.4) is 0 Å². The second kappa shape index (κ2) is 3.90. The highest BCUT2D eigenvalue weighted by molar-refractivity contribution is 5.38. The van der Waals surface area contributed by atoms with Crippen molar-refractivity contribution in [1.82, 2.24) is 15.3 Å². The maximum atomic E-state index is 11.6. The Kier molecular flexibility index (Phi) is 2.40. The topological polar surface area (TPSA) is 61.0 Å². The van der Waals surface area contributed by atoms with Gasteiger partial charge < -0.3 is 15.2 Å². The fourth-order valence-corrected chi connectivity index (χ4v) is 2.25. The van der Waals surface area contributed by atoms with E-state index in [-0.39, 0.29) is 5.56 Å². The van der Waals surface area contributed by atoms with Crippen LogP contribution in [0.1, 0.15) is 24.6 Å². The van der Waals surface area contributed by atoms with E-state index in [0.717, 1.165) is 37.8 Å². The van der Waals surface area contributed by atoms with Gasteiger partial charge in [-0.2, -0.15) is 0 Å². The zero-order valence-corrected chi connectivity index (χ0v) is 9.20. The molecule has 0 radical (unpaired) electrons. The lowest BCUT2D eigenvalue weighted by atomic mass is 10.0. The van der Waals surface area contributed by atoms with Crippen molar-refractivity contribution < 1.29 is 0 Å². The monoisotopic (exact) mass is 220 g/mol. The Morgan fingerprint density at radius 1 is 1.31 bits per heavy atom. The smallest absolute Gasteiger partial charge is 0.252 e. The van der Waals surface area contributed by atoms with Crippen LogP contribution in [0, 0.1) is 0 Å². The van der Waals surface area contributed by atoms with Crippen molar-refractivity contribution in [2.45, 2.75) is 18.8 Å². The average molecular weight is 220 g/mol. The Morgan fingerprint density at radius 3 is 2.69 bits per heavy atom. The van der Waals surface area contributed by atoms with Crippen molar-refractivity contribution in [3.05, 3.63) is 22.2 Å². The highest BCUT2D eigenvalue weighted by Crippen LogP contribution is 2.19. The molecule has 0 saturated carbocycles. The highest BCUT2D eigenvalue weighted by atomic mass is 16.1. The first-order chi connectivity index (χ1) is 7.83. The van der Waals surface area contributed by atoms with Gasteiger partial charge in [0.2, 0.25) is 0 Å². The van der Waals surface area contributed by atoms with Gasteiger partial charge in [0.1, 0.15) is 11.6 Å². The molecule has 0 atom stereocenters. The molecular formula is C11H16N4O. The third kappa shape index (κ3) is 1.71. The Bertz CT molecular complexity index is 432. The second-order valence-electron chi connectivity index (χ2n) is 4.54. The molecule has 2 N–H and O–H groups in total. The summed E-state index contributed by atoms with van der Waals surface area (Å²) in [4.78, 5) is 21.2. The standard InChI is InChI=1S/C11H16N4O/c16-10-5-9(15-3-1-2-4-15)13-11(14-10)8-6-12-7-8/h5,8,12H,1-4,6-7H2,(H,13,14,16). The molecule has 5 heteroatoms. The summed E-state index contributed by atoms with van der Waals surface area (Å²) in [6.07, 6.45) is 2.41. The number of hydrogen-bond acceptors (Lipinski definition) is 4. The summed E-state index contributed by atoms with van der Waals surface area (Å²) in [6, 6.07) is 1.61. The van der Waals surface area contributed by atoms with Gasteiger partial charge in [-0.25, -0.2) is 4.98 Å². The van der Waals surface area contributed by atoms with Crippen molar-refractivity contribution in [3.8, 4) is 0 Å². The molecule has 1 aromatic heterocycles. The number of aromatic nitrogens is 2. The summed E-state index contributed by atoms with van der Waals surface area (Å²) < 4.78 is 0. The van der Waals surface area contributed by atoms with Gasteiger partial charge in [0.05, 0.1) is 0 Å². The molecule has 1 aromatic rings. The molecule has 16 heavy (non-hydrogen) atoms. The first-order valence-corrected chi connectivity index (χ1v) is 5.90. The Morgan fingerprint density at radius 2 is 2.06 bits per heavy atom. The van der Waals surface area contributed by atoms with E-state index in [1.807, 2.05) is 0 Å². The van der Waals surface area contributed by atoms with Gasteiger partial charge in [-0.05, 0) is 12.8 Å². The van der Waals surface area contributed by atoms with E-state index < -0.39 is 0 Å². The molecule has 0 amide bonds. The summed E-state index contributed by atoms with van der Waals surface area (Å²) in [7, 11) is 0. The molecule has 0 aliphatic carbocycles. The molecule has 2 aliphatic rings. The number of anilines is 1. The summed E-state index contributed by atoms with van der Waals surface area (Å²) >= 11 is 0. The third-order valence-electron chi connectivity index (χ3n) is 3.34. The average Bonchev–Trinajstić information content (AvgIpc) is 2.66. The number of nitrogens with one attached hydrogen (secondary N) is 2. The van der Waals surface area contributed by atoms with Gasteiger partial charge in [0.25, 0.3) is 5.56 Å². The number of rotatable bonds is 2. The van der Waals surface area contributed by atoms with E-state index in [9.17, 15) is 4.79 Å². The van der Waals surface area contributed by atoms with E-state index in [0.29, 0.717) is 5.92 Å². The van der Waals surface area contributed by atoms with Crippen LogP contribution < -0.4 is 15.8 Å². The molecule has 3 rings (SSSR count). The van der Waals surface area contributed by atoms with Gasteiger partial charge in [0, 0.05) is 38.2 Å². The molecule has 2 aliphatic heterocycles. The molecule has 0 spiro atoms. The predicted octanol–water partition coefficient (Wildman–Crippen LogP) is 0.0569. The number of aromatic amines is 1. The summed E-state index contributed by atoms with van der Waals surface area (Å²) in [6.45, 7) is 3.90. The van der Waals surface area contributed by atoms with Gasteiger partial charge in [-0.3, -0.25) is 4.79 Å². The third-order valence-corrected chi connectivity index (χ3v) is 3.34. The van der Waals surface area contributed by atoms with Crippen LogP contribution in [-0.4, -0.2) is 36.1 Å². The van der Waals surface area contributed by atoms with Gasteiger partial charge in [-0.1, -0.05) is 0 Å². The molecule has 3 heterocycles. The first kappa shape index (κ1) is 9.84. The number of H-pyrrole nitrogens is 1. The van der Waals surface area contributed by atoms with Crippen molar-refractivity contribution in [1.29, 1.82) is 0 Å². The zero-order chi connectivity index (χ0) is 11.0. The minimum atomic E-state index is -0.0289. The van der Waals surface area contributed by atoms with Crippen LogP contribution >= 0.6 is 0 Å². The van der Waals surface area contributed by atoms with E-state index in [2.05, 4.69) is 20.2 Å². The fourth-order valence-electron chi connectivity index (χ4n) is 2.25. The predicted molar refractivity (Wildman–Crippen MR) is 61.9 cm³/mol. The number of hydrogen-bond donors (Lipinski definition) is 2. The minimum absolute atomic E-state index is 0.0289. The second-order valence-corrected chi connectivity index (χ2v) is 4.54. The van der Waals surface area contributed by atoms with Gasteiger partial charge >= 0.3 is 0 Å². The minimum Gasteiger partial charge on any atom is -0.356 e. The summed E-state index contributed by atoms with van der Waals surface area (Å²) in [5, 5.41) is 3.19. The lowest BCUT2D eigenvalue weighted by molar-refractivity contribution is 0.429. The highest BCUT2D eigenvalue weighted by Gasteiger charge is 2.23. The van der Waals surface area contributed by atoms with Crippen LogP contribution in [0.25, 0.3) is 0 Å². The van der Waals surface area contributed by atoms with E-state index >= 15 is 0 Å². The van der Waals surface area contributed by atoms with E-state index in [4.69, 9.17) is 0 Å². The normalized spacial score (nSPS) is 21.1. The zero-order valence-electron chi connectivity index (χ0n) is 9.20. The Balaban J connectivity index is 1.91. The van der Waals surface area contributed by atoms with Crippen LogP contribution in [0.4, 0.5) is 5.82 Å². The maximum Gasteiger partial charge on any atom is 0.252 e. The lowest BCUT2D eigenvalue weighted by Crippen LogP contribution is -2.41. The van der Waals surface area contributed by atoms with Crippen molar-refractivity contribution in [3.63, 3.8) is 0 Å². The molecule has 5 nitrogen and oxygen atoms in total. The summed E-state index contributed by atoms with van der Waals surface area (Å²) in [5.74, 6) is 2.08. The van der Waals surface area contributed by atoms with Crippen molar-refractivity contribution in [2.24, 2.45) is 0 Å². The van der Waals surface area contributed by atoms with Crippen molar-refractivity contribution >= 4 is 5.82 Å². The lowest BCUT2D eigenvalue weighted by Gasteiger charge is -2.27. The molecule has 2 fully saturated rings. The first-order valence-electron chi connectivity index (χ1n) is 5.90. The molecule has 2 saturated heterocycles. The fraction of sp³-hybridized carbons (Fsp3) is 0.636. The molecule has 0 bridgehead atoms. The summed E-state index contributed by atoms with van der Waals surface area (Å²) in [5.41, 5.74) is -0.0289. The van der Waals surface area contributed by atoms with Gasteiger partial charge in [-0.15, -0.1) is 0 Å². The Hall–Kier alpha value is -1.36. The maximum absolute atomic E-state index is 11.6. The van der Waals surface area contributed by atoms with Gasteiger partial charge in [0.15, 0.2) is 0 Å². The van der Waals surface area contributed by atoms with Crippen molar-refractivity contribution in [2.75, 3.05) is 31.1 Å². The molecular weight excluding hydrogens is 204 g/mol. The van der Waals surface area contributed by atoms with Crippen LogP contribution in [-0.2, 0) is 0 Å². The quantitative estimate of drug-likeness (QED) is 0.739. The molecule has 0 aromatic carbocycles. The van der Waals surface area contributed by atoms with Crippen LogP contribution in [0.5, 0.6) is 0 Å². The van der Waals surface area contributed by atoms with E-state index in [1.165, 1.54) is 12.8 Å². The SMILES string of the molecule is O=c1cc(N2CCCC2)nc(C2CNC2)[nH]1.